The molecule has 0 aromatic heterocycles. The average Bonchev–Trinajstić information content (AvgIpc) is 2.80. The lowest BCUT2D eigenvalue weighted by Crippen LogP contribution is -2.42. The van der Waals surface area contributed by atoms with Crippen LogP contribution in [0.4, 0.5) is 11.4 Å². The highest BCUT2D eigenvalue weighted by molar-refractivity contribution is 6.05. The van der Waals surface area contributed by atoms with E-state index in [0.29, 0.717) is 17.1 Å². The van der Waals surface area contributed by atoms with Gasteiger partial charge >= 0.3 is 5.97 Å². The molecular formula is C21H22N2O5. The number of fused-ring (bicyclic) bond motifs is 1. The SMILES string of the molecule is C[C@H](Oc1ccccc1)C(=O)OCC(=O)N1c2ccccc2NC(=O)C[C@@H]1C. The number of nitrogens with zero attached hydrogens (tertiary/aromatic N) is 1. The largest absolute Gasteiger partial charge is 0.479 e. The summed E-state index contributed by atoms with van der Waals surface area (Å²) in [7, 11) is 0. The maximum absolute atomic E-state index is 12.8. The summed E-state index contributed by atoms with van der Waals surface area (Å²) in [6.07, 6.45) is -0.700. The fourth-order valence-electron chi connectivity index (χ4n) is 3.04. The van der Waals surface area contributed by atoms with Crippen LogP contribution < -0.4 is 15.0 Å². The molecule has 1 N–H and O–H groups in total. The smallest absolute Gasteiger partial charge is 0.347 e. The van der Waals surface area contributed by atoms with E-state index in [1.54, 1.807) is 62.4 Å². The van der Waals surface area contributed by atoms with Gasteiger partial charge in [0, 0.05) is 12.5 Å². The summed E-state index contributed by atoms with van der Waals surface area (Å²) in [5, 5.41) is 2.79. The van der Waals surface area contributed by atoms with Crippen molar-refractivity contribution < 1.29 is 23.9 Å². The minimum absolute atomic E-state index is 0.155. The number of hydrogen-bond acceptors (Lipinski definition) is 5. The van der Waals surface area contributed by atoms with Gasteiger partial charge in [-0.15, -0.1) is 0 Å². The van der Waals surface area contributed by atoms with Crippen molar-refractivity contribution in [3.05, 3.63) is 54.6 Å². The molecule has 1 aliphatic rings. The number of carbonyl (C=O) groups is 3. The monoisotopic (exact) mass is 382 g/mol. The highest BCUT2D eigenvalue weighted by Crippen LogP contribution is 2.31. The van der Waals surface area contributed by atoms with Crippen molar-refractivity contribution >= 4 is 29.2 Å². The molecule has 0 aliphatic carbocycles. The number of amides is 2. The number of rotatable bonds is 5. The molecule has 0 saturated carbocycles. The molecule has 0 saturated heterocycles. The number of benzene rings is 2. The molecule has 2 amide bonds. The zero-order valence-corrected chi connectivity index (χ0v) is 15.8. The zero-order valence-electron chi connectivity index (χ0n) is 15.8. The Kier molecular flexibility index (Phi) is 5.93. The van der Waals surface area contributed by atoms with E-state index in [1.807, 2.05) is 6.07 Å². The molecule has 2 aromatic carbocycles. The molecule has 2 atom stereocenters. The van der Waals surface area contributed by atoms with Gasteiger partial charge < -0.3 is 19.7 Å². The van der Waals surface area contributed by atoms with Crippen LogP contribution in [0.15, 0.2) is 54.6 Å². The standard InChI is InChI=1S/C21H22N2O5/c1-14-12-19(24)22-17-10-6-7-11-18(17)23(14)20(25)13-27-21(26)15(2)28-16-8-4-3-5-9-16/h3-11,14-15H,12-13H2,1-2H3,(H,22,24)/t14-,15-/m0/s1. The van der Waals surface area contributed by atoms with Gasteiger partial charge in [-0.05, 0) is 38.1 Å². The third-order valence-corrected chi connectivity index (χ3v) is 4.35. The summed E-state index contributed by atoms with van der Waals surface area (Å²) in [5.74, 6) is -0.672. The van der Waals surface area contributed by atoms with E-state index in [0.717, 1.165) is 0 Å². The normalized spacial score (nSPS) is 17.0. The molecule has 28 heavy (non-hydrogen) atoms. The molecule has 1 aliphatic heterocycles. The van der Waals surface area contributed by atoms with Crippen molar-refractivity contribution in [2.75, 3.05) is 16.8 Å². The van der Waals surface area contributed by atoms with Gasteiger partial charge in [-0.2, -0.15) is 0 Å². The molecule has 7 heteroatoms. The Labute approximate surface area is 163 Å². The number of hydrogen-bond donors (Lipinski definition) is 1. The fourth-order valence-corrected chi connectivity index (χ4v) is 3.04. The lowest BCUT2D eigenvalue weighted by Gasteiger charge is -2.27. The van der Waals surface area contributed by atoms with Gasteiger partial charge in [-0.25, -0.2) is 4.79 Å². The van der Waals surface area contributed by atoms with E-state index in [1.165, 1.54) is 4.90 Å². The van der Waals surface area contributed by atoms with Crippen molar-refractivity contribution in [3.63, 3.8) is 0 Å². The van der Waals surface area contributed by atoms with Crippen LogP contribution in [0.1, 0.15) is 20.3 Å². The first-order chi connectivity index (χ1) is 13.5. The van der Waals surface area contributed by atoms with Gasteiger partial charge in [-0.1, -0.05) is 30.3 Å². The van der Waals surface area contributed by atoms with E-state index < -0.39 is 24.6 Å². The quantitative estimate of drug-likeness (QED) is 0.804. The molecule has 0 radical (unpaired) electrons. The molecule has 7 nitrogen and oxygen atoms in total. The lowest BCUT2D eigenvalue weighted by atomic mass is 10.1. The Balaban J connectivity index is 1.65. The highest BCUT2D eigenvalue weighted by Gasteiger charge is 2.30. The molecule has 2 aromatic rings. The number of para-hydroxylation sites is 3. The van der Waals surface area contributed by atoms with Gasteiger partial charge in [0.05, 0.1) is 11.4 Å². The van der Waals surface area contributed by atoms with E-state index in [4.69, 9.17) is 9.47 Å². The van der Waals surface area contributed by atoms with Crippen LogP contribution in [0.5, 0.6) is 5.75 Å². The second-order valence-electron chi connectivity index (χ2n) is 6.56. The third kappa shape index (κ3) is 4.49. The van der Waals surface area contributed by atoms with Crippen LogP contribution in [0.3, 0.4) is 0 Å². The van der Waals surface area contributed by atoms with E-state index in [-0.39, 0.29) is 18.4 Å². The van der Waals surface area contributed by atoms with Crippen LogP contribution in [-0.2, 0) is 19.1 Å². The summed E-state index contributed by atoms with van der Waals surface area (Å²) in [6.45, 7) is 2.91. The number of nitrogens with one attached hydrogen (secondary N) is 1. The number of esters is 1. The topological polar surface area (TPSA) is 84.9 Å². The zero-order chi connectivity index (χ0) is 20.1. The van der Waals surface area contributed by atoms with Gasteiger partial charge in [0.15, 0.2) is 12.7 Å². The first-order valence-electron chi connectivity index (χ1n) is 9.05. The minimum atomic E-state index is -0.854. The molecule has 0 unspecified atom stereocenters. The van der Waals surface area contributed by atoms with Gasteiger partial charge in [-0.3, -0.25) is 9.59 Å². The first kappa shape index (κ1) is 19.4. The summed E-state index contributed by atoms with van der Waals surface area (Å²) < 4.78 is 10.7. The Hall–Kier alpha value is -3.35. The molecule has 0 bridgehead atoms. The number of carbonyl (C=O) groups excluding carboxylic acids is 3. The van der Waals surface area contributed by atoms with Crippen molar-refractivity contribution in [1.82, 2.24) is 0 Å². The molecular weight excluding hydrogens is 360 g/mol. The predicted molar refractivity (Wildman–Crippen MR) is 104 cm³/mol. The van der Waals surface area contributed by atoms with E-state index in [2.05, 4.69) is 5.32 Å². The number of anilines is 2. The van der Waals surface area contributed by atoms with E-state index >= 15 is 0 Å². The molecule has 1 heterocycles. The fraction of sp³-hybridized carbons (Fsp3) is 0.286. The van der Waals surface area contributed by atoms with Crippen LogP contribution >= 0.6 is 0 Å². The first-order valence-corrected chi connectivity index (χ1v) is 9.05. The van der Waals surface area contributed by atoms with Crippen LogP contribution in [0, 0.1) is 0 Å². The van der Waals surface area contributed by atoms with E-state index in [9.17, 15) is 14.4 Å². The average molecular weight is 382 g/mol. The van der Waals surface area contributed by atoms with Crippen molar-refractivity contribution in [1.29, 1.82) is 0 Å². The summed E-state index contributed by atoms with van der Waals surface area (Å²) >= 11 is 0. The summed E-state index contributed by atoms with van der Waals surface area (Å²) in [5.41, 5.74) is 1.13. The second-order valence-corrected chi connectivity index (χ2v) is 6.56. The Morgan fingerprint density at radius 3 is 2.57 bits per heavy atom. The van der Waals surface area contributed by atoms with Crippen molar-refractivity contribution in [2.45, 2.75) is 32.4 Å². The summed E-state index contributed by atoms with van der Waals surface area (Å²) in [6, 6.07) is 15.6. The summed E-state index contributed by atoms with van der Waals surface area (Å²) in [4.78, 5) is 38.5. The van der Waals surface area contributed by atoms with Crippen molar-refractivity contribution in [3.8, 4) is 5.75 Å². The Morgan fingerprint density at radius 2 is 1.82 bits per heavy atom. The highest BCUT2D eigenvalue weighted by atomic mass is 16.6. The molecule has 0 spiro atoms. The molecule has 146 valence electrons. The van der Waals surface area contributed by atoms with Gasteiger partial charge in [0.25, 0.3) is 5.91 Å². The Morgan fingerprint density at radius 1 is 1.14 bits per heavy atom. The predicted octanol–water partition coefficient (Wildman–Crippen LogP) is 2.76. The van der Waals surface area contributed by atoms with Crippen molar-refractivity contribution in [2.24, 2.45) is 0 Å². The van der Waals surface area contributed by atoms with Gasteiger partial charge in [0.2, 0.25) is 5.91 Å². The maximum atomic E-state index is 12.8. The minimum Gasteiger partial charge on any atom is -0.479 e. The third-order valence-electron chi connectivity index (χ3n) is 4.35. The van der Waals surface area contributed by atoms with Crippen LogP contribution in [-0.4, -0.2) is 36.5 Å². The molecule has 3 rings (SSSR count). The number of ether oxygens (including phenoxy) is 2. The lowest BCUT2D eigenvalue weighted by molar-refractivity contribution is -0.154. The van der Waals surface area contributed by atoms with Crippen LogP contribution in [0.2, 0.25) is 0 Å². The molecule has 0 fully saturated rings. The Bertz CT molecular complexity index is 868. The van der Waals surface area contributed by atoms with Gasteiger partial charge in [0.1, 0.15) is 5.75 Å². The maximum Gasteiger partial charge on any atom is 0.347 e. The van der Waals surface area contributed by atoms with Crippen LogP contribution in [0.25, 0.3) is 0 Å². The second kappa shape index (κ2) is 8.56.